The number of ketones is 1. The van der Waals surface area contributed by atoms with Gasteiger partial charge in [0, 0.05) is 12.7 Å². The van der Waals surface area contributed by atoms with Crippen molar-refractivity contribution in [1.29, 1.82) is 0 Å². The Morgan fingerprint density at radius 2 is 1.26 bits per heavy atom. The molecular formula is C13H20F6O3S. The zero-order chi connectivity index (χ0) is 18.9. The molecule has 0 aromatic rings. The summed E-state index contributed by atoms with van der Waals surface area (Å²) < 4.78 is 101. The number of carbonyl (C=O) groups is 1. The first kappa shape index (κ1) is 22.2. The topological polar surface area (TPSA) is 51.2 Å². The first-order valence-electron chi connectivity index (χ1n) is 6.68. The summed E-state index contributed by atoms with van der Waals surface area (Å²) in [5.74, 6) is -3.22. The molecule has 0 spiro atoms. The van der Waals surface area contributed by atoms with E-state index in [1.807, 2.05) is 0 Å². The number of hydrogen-bond donors (Lipinski definition) is 0. The molecule has 0 aliphatic carbocycles. The summed E-state index contributed by atoms with van der Waals surface area (Å²) in [6.07, 6.45) is -14.4. The highest BCUT2D eigenvalue weighted by Gasteiger charge is 2.74. The molecule has 0 N–H and O–H groups in total. The van der Waals surface area contributed by atoms with E-state index in [0.717, 1.165) is 0 Å². The van der Waals surface area contributed by atoms with Gasteiger partial charge >= 0.3 is 12.4 Å². The zero-order valence-electron chi connectivity index (χ0n) is 13.2. The highest BCUT2D eigenvalue weighted by Crippen LogP contribution is 2.55. The molecule has 138 valence electrons. The van der Waals surface area contributed by atoms with Crippen LogP contribution >= 0.6 is 0 Å². The molecule has 0 atom stereocenters. The number of Topliss-reactive ketones (excluding diaryl/α,β-unsaturated/α-hetero) is 1. The van der Waals surface area contributed by atoms with Gasteiger partial charge in [-0.3, -0.25) is 4.79 Å². The molecule has 10 heteroatoms. The van der Waals surface area contributed by atoms with Crippen LogP contribution in [0.25, 0.3) is 0 Å². The Hall–Kier alpha value is -0.800. The van der Waals surface area contributed by atoms with Crippen molar-refractivity contribution in [2.24, 2.45) is 10.8 Å². The van der Waals surface area contributed by atoms with Gasteiger partial charge in [0.05, 0.1) is 5.75 Å². The second-order valence-electron chi connectivity index (χ2n) is 6.76. The van der Waals surface area contributed by atoms with E-state index in [4.69, 9.17) is 0 Å². The number of halogens is 6. The highest BCUT2D eigenvalue weighted by molar-refractivity contribution is 7.90. The van der Waals surface area contributed by atoms with Gasteiger partial charge in [0.15, 0.2) is 5.78 Å². The fourth-order valence-corrected chi connectivity index (χ4v) is 2.51. The van der Waals surface area contributed by atoms with Crippen LogP contribution in [-0.2, 0) is 14.6 Å². The highest BCUT2D eigenvalue weighted by atomic mass is 32.2. The standard InChI is InChI=1S/C13H20F6O3S/c1-10(2,3)6-7-11(12(14,15)16,13(17,18)19)9(20)5-8-23(4,21)22/h5-8H2,1-4H3. The molecule has 0 radical (unpaired) electrons. The maximum Gasteiger partial charge on any atom is 0.410 e. The number of rotatable bonds is 6. The van der Waals surface area contributed by atoms with Gasteiger partial charge in [-0.15, -0.1) is 0 Å². The van der Waals surface area contributed by atoms with Gasteiger partial charge in [0.25, 0.3) is 0 Å². The minimum atomic E-state index is -5.86. The van der Waals surface area contributed by atoms with Crippen LogP contribution < -0.4 is 0 Å². The lowest BCUT2D eigenvalue weighted by atomic mass is 9.72. The fourth-order valence-electron chi connectivity index (χ4n) is 1.95. The molecule has 23 heavy (non-hydrogen) atoms. The Balaban J connectivity index is 5.89. The largest absolute Gasteiger partial charge is 0.410 e. The van der Waals surface area contributed by atoms with Crippen LogP contribution in [0.3, 0.4) is 0 Å². The number of hydrogen-bond acceptors (Lipinski definition) is 3. The fraction of sp³-hybridized carbons (Fsp3) is 0.923. The molecule has 0 fully saturated rings. The Bertz CT molecular complexity index is 511. The maximum absolute atomic E-state index is 13.2. The van der Waals surface area contributed by atoms with Crippen LogP contribution in [0.15, 0.2) is 0 Å². The van der Waals surface area contributed by atoms with Gasteiger partial charge in [-0.25, -0.2) is 8.42 Å². The van der Waals surface area contributed by atoms with Crippen LogP contribution in [0, 0.1) is 10.8 Å². The van der Waals surface area contributed by atoms with E-state index in [2.05, 4.69) is 0 Å². The normalized spacial score (nSPS) is 14.9. The third kappa shape index (κ3) is 5.96. The number of alkyl halides is 6. The molecular weight excluding hydrogens is 350 g/mol. The smallest absolute Gasteiger partial charge is 0.298 e. The van der Waals surface area contributed by atoms with Crippen molar-refractivity contribution < 1.29 is 39.6 Å². The maximum atomic E-state index is 13.2. The van der Waals surface area contributed by atoms with Gasteiger partial charge in [0.2, 0.25) is 5.41 Å². The molecule has 0 saturated heterocycles. The Morgan fingerprint density at radius 3 is 1.52 bits per heavy atom. The monoisotopic (exact) mass is 370 g/mol. The third-order valence-corrected chi connectivity index (χ3v) is 4.34. The summed E-state index contributed by atoms with van der Waals surface area (Å²) in [6.45, 7) is 4.35. The molecule has 0 bridgehead atoms. The average molecular weight is 370 g/mol. The summed E-state index contributed by atoms with van der Waals surface area (Å²) >= 11 is 0. The zero-order valence-corrected chi connectivity index (χ0v) is 14.0. The van der Waals surface area contributed by atoms with Crippen LogP contribution in [0.5, 0.6) is 0 Å². The second-order valence-corrected chi connectivity index (χ2v) is 9.02. The number of carbonyl (C=O) groups excluding carboxylic acids is 1. The van der Waals surface area contributed by atoms with Crippen LogP contribution in [0.2, 0.25) is 0 Å². The summed E-state index contributed by atoms with van der Waals surface area (Å²) in [6, 6.07) is 0. The van der Waals surface area contributed by atoms with E-state index in [9.17, 15) is 39.6 Å². The SMILES string of the molecule is CC(C)(C)CCC(C(=O)CCS(C)(=O)=O)(C(F)(F)F)C(F)(F)F. The Kier molecular flexibility index (Phi) is 6.37. The van der Waals surface area contributed by atoms with Crippen molar-refractivity contribution in [3.05, 3.63) is 0 Å². The lowest BCUT2D eigenvalue weighted by Gasteiger charge is -2.37. The molecule has 0 rings (SSSR count). The van der Waals surface area contributed by atoms with Crippen molar-refractivity contribution in [2.45, 2.75) is 52.4 Å². The van der Waals surface area contributed by atoms with Gasteiger partial charge in [-0.05, 0) is 18.3 Å². The van der Waals surface area contributed by atoms with Gasteiger partial charge in [-0.1, -0.05) is 20.8 Å². The van der Waals surface area contributed by atoms with E-state index in [1.165, 1.54) is 20.8 Å². The van der Waals surface area contributed by atoms with Gasteiger partial charge < -0.3 is 0 Å². The third-order valence-electron chi connectivity index (χ3n) is 3.39. The van der Waals surface area contributed by atoms with Crippen molar-refractivity contribution >= 4 is 15.6 Å². The minimum absolute atomic E-state index is 0.503. The van der Waals surface area contributed by atoms with E-state index < -0.39 is 63.8 Å². The van der Waals surface area contributed by atoms with Gasteiger partial charge in [0.1, 0.15) is 9.84 Å². The summed E-state index contributed by atoms with van der Waals surface area (Å²) in [5.41, 5.74) is -5.41. The predicted octanol–water partition coefficient (Wildman–Crippen LogP) is 3.93. The van der Waals surface area contributed by atoms with E-state index in [0.29, 0.717) is 6.26 Å². The van der Waals surface area contributed by atoms with Crippen LogP contribution in [0.1, 0.15) is 40.0 Å². The first-order valence-corrected chi connectivity index (χ1v) is 8.74. The average Bonchev–Trinajstić information content (AvgIpc) is 2.20. The molecule has 0 unspecified atom stereocenters. The van der Waals surface area contributed by atoms with Crippen LogP contribution in [-0.4, -0.2) is 38.6 Å². The number of sulfone groups is 1. The van der Waals surface area contributed by atoms with Crippen LogP contribution in [0.4, 0.5) is 26.3 Å². The Morgan fingerprint density at radius 1 is 0.870 bits per heavy atom. The Labute approximate surface area is 131 Å². The van der Waals surface area contributed by atoms with E-state index in [1.54, 1.807) is 0 Å². The summed E-state index contributed by atoms with van der Waals surface area (Å²) in [7, 11) is -3.87. The molecule has 0 saturated carbocycles. The molecule has 0 aromatic heterocycles. The summed E-state index contributed by atoms with van der Waals surface area (Å²) in [4.78, 5) is 11.8. The lowest BCUT2D eigenvalue weighted by Crippen LogP contribution is -2.56. The minimum Gasteiger partial charge on any atom is -0.298 e. The first-order chi connectivity index (χ1) is 9.83. The van der Waals surface area contributed by atoms with E-state index >= 15 is 0 Å². The molecule has 0 heterocycles. The summed E-state index contributed by atoms with van der Waals surface area (Å²) in [5, 5.41) is 0. The lowest BCUT2D eigenvalue weighted by molar-refractivity contribution is -0.327. The molecule has 0 aliphatic heterocycles. The van der Waals surface area contributed by atoms with Crippen molar-refractivity contribution in [2.75, 3.05) is 12.0 Å². The van der Waals surface area contributed by atoms with Crippen molar-refractivity contribution in [1.82, 2.24) is 0 Å². The van der Waals surface area contributed by atoms with E-state index in [-0.39, 0.29) is 0 Å². The predicted molar refractivity (Wildman–Crippen MR) is 72.6 cm³/mol. The second kappa shape index (κ2) is 6.60. The quantitative estimate of drug-likeness (QED) is 0.666. The molecule has 0 aromatic carbocycles. The molecule has 0 amide bonds. The van der Waals surface area contributed by atoms with Gasteiger partial charge in [-0.2, -0.15) is 26.3 Å². The molecule has 0 aliphatic rings. The molecule has 3 nitrogen and oxygen atoms in total. The van der Waals surface area contributed by atoms with Crippen molar-refractivity contribution in [3.8, 4) is 0 Å². The van der Waals surface area contributed by atoms with Crippen molar-refractivity contribution in [3.63, 3.8) is 0 Å².